The summed E-state index contributed by atoms with van der Waals surface area (Å²) in [5.74, 6) is -0.294. The van der Waals surface area contributed by atoms with Gasteiger partial charge in [-0.25, -0.2) is 0 Å². The fraction of sp³-hybridized carbons (Fsp3) is 0. The second-order valence-corrected chi connectivity index (χ2v) is 4.94. The Kier molecular flexibility index (Phi) is 4.12. The molecule has 0 unspecified atom stereocenters. The molecule has 4 nitrogen and oxygen atoms in total. The van der Waals surface area contributed by atoms with E-state index >= 15 is 0 Å². The highest BCUT2D eigenvalue weighted by Crippen LogP contribution is 2.20. The molecule has 0 bridgehead atoms. The van der Waals surface area contributed by atoms with Gasteiger partial charge in [0, 0.05) is 18.0 Å². The van der Waals surface area contributed by atoms with E-state index in [2.05, 4.69) is 16.4 Å². The van der Waals surface area contributed by atoms with Crippen LogP contribution < -0.4 is 5.32 Å². The quantitative estimate of drug-likeness (QED) is 0.798. The maximum absolute atomic E-state index is 12.4. The SMILES string of the molecule is N#Cc1ccccc1NC(=O)c1cncc(-c2ccccc2)c1. The van der Waals surface area contributed by atoms with Crippen molar-refractivity contribution in [2.75, 3.05) is 5.32 Å². The van der Waals surface area contributed by atoms with Gasteiger partial charge in [0.2, 0.25) is 0 Å². The van der Waals surface area contributed by atoms with Gasteiger partial charge in [0.1, 0.15) is 6.07 Å². The molecule has 4 heteroatoms. The number of anilines is 1. The highest BCUT2D eigenvalue weighted by atomic mass is 16.1. The van der Waals surface area contributed by atoms with Crippen LogP contribution in [-0.4, -0.2) is 10.9 Å². The minimum Gasteiger partial charge on any atom is -0.321 e. The maximum atomic E-state index is 12.4. The van der Waals surface area contributed by atoms with Crippen LogP contribution in [0.4, 0.5) is 5.69 Å². The number of aromatic nitrogens is 1. The number of para-hydroxylation sites is 1. The van der Waals surface area contributed by atoms with Crippen molar-refractivity contribution < 1.29 is 4.79 Å². The highest BCUT2D eigenvalue weighted by molar-refractivity contribution is 6.05. The van der Waals surface area contributed by atoms with Crippen LogP contribution in [0.2, 0.25) is 0 Å². The van der Waals surface area contributed by atoms with Crippen LogP contribution in [0, 0.1) is 11.3 Å². The Morgan fingerprint density at radius 1 is 0.957 bits per heavy atom. The zero-order valence-corrected chi connectivity index (χ0v) is 12.2. The first-order chi connectivity index (χ1) is 11.3. The standard InChI is InChI=1S/C19H13N3O/c20-11-15-8-4-5-9-18(15)22-19(23)17-10-16(12-21-13-17)14-6-2-1-3-7-14/h1-10,12-13H,(H,22,23). The van der Waals surface area contributed by atoms with Gasteiger partial charge in [-0.3, -0.25) is 9.78 Å². The highest BCUT2D eigenvalue weighted by Gasteiger charge is 2.10. The lowest BCUT2D eigenvalue weighted by molar-refractivity contribution is 0.102. The molecule has 0 atom stereocenters. The third-order valence-electron chi connectivity index (χ3n) is 3.40. The summed E-state index contributed by atoms with van der Waals surface area (Å²) in [5, 5.41) is 11.8. The first kappa shape index (κ1) is 14.5. The Morgan fingerprint density at radius 3 is 2.48 bits per heavy atom. The molecule has 0 aliphatic heterocycles. The van der Waals surface area contributed by atoms with Gasteiger partial charge in [-0.05, 0) is 23.8 Å². The minimum absolute atomic E-state index is 0.294. The van der Waals surface area contributed by atoms with Gasteiger partial charge in [-0.1, -0.05) is 42.5 Å². The molecule has 0 fully saturated rings. The Balaban J connectivity index is 1.88. The van der Waals surface area contributed by atoms with Gasteiger partial charge in [0.25, 0.3) is 5.91 Å². The normalized spacial score (nSPS) is 9.87. The Labute approximate surface area is 134 Å². The maximum Gasteiger partial charge on any atom is 0.257 e. The van der Waals surface area contributed by atoms with Gasteiger partial charge in [-0.2, -0.15) is 5.26 Å². The zero-order chi connectivity index (χ0) is 16.1. The van der Waals surface area contributed by atoms with E-state index in [0.717, 1.165) is 11.1 Å². The fourth-order valence-corrected chi connectivity index (χ4v) is 2.24. The Bertz CT molecular complexity index is 882. The molecule has 0 spiro atoms. The third kappa shape index (κ3) is 3.25. The van der Waals surface area contributed by atoms with E-state index in [1.807, 2.05) is 30.3 Å². The number of hydrogen-bond donors (Lipinski definition) is 1. The minimum atomic E-state index is -0.294. The van der Waals surface area contributed by atoms with E-state index < -0.39 is 0 Å². The second kappa shape index (κ2) is 6.54. The molecule has 23 heavy (non-hydrogen) atoms. The van der Waals surface area contributed by atoms with Crippen molar-refractivity contribution in [2.45, 2.75) is 0 Å². The molecule has 1 amide bonds. The van der Waals surface area contributed by atoms with Crippen LogP contribution in [0.25, 0.3) is 11.1 Å². The molecular formula is C19H13N3O. The van der Waals surface area contributed by atoms with Crippen LogP contribution in [0.5, 0.6) is 0 Å². The second-order valence-electron chi connectivity index (χ2n) is 4.94. The molecule has 110 valence electrons. The smallest absolute Gasteiger partial charge is 0.257 e. The van der Waals surface area contributed by atoms with Gasteiger partial charge in [0.15, 0.2) is 0 Å². The number of nitrogens with one attached hydrogen (secondary N) is 1. The molecule has 0 radical (unpaired) electrons. The van der Waals surface area contributed by atoms with Gasteiger partial charge < -0.3 is 5.32 Å². The largest absolute Gasteiger partial charge is 0.321 e. The van der Waals surface area contributed by atoms with Crippen molar-refractivity contribution in [1.82, 2.24) is 4.98 Å². The van der Waals surface area contributed by atoms with E-state index in [1.165, 1.54) is 6.20 Å². The predicted molar refractivity (Wildman–Crippen MR) is 88.8 cm³/mol. The van der Waals surface area contributed by atoms with Gasteiger partial charge in [-0.15, -0.1) is 0 Å². The lowest BCUT2D eigenvalue weighted by Crippen LogP contribution is -2.13. The van der Waals surface area contributed by atoms with Crippen molar-refractivity contribution in [3.05, 3.63) is 84.2 Å². The average Bonchev–Trinajstić information content (AvgIpc) is 2.63. The fourth-order valence-electron chi connectivity index (χ4n) is 2.24. The first-order valence-corrected chi connectivity index (χ1v) is 7.09. The van der Waals surface area contributed by atoms with Crippen LogP contribution >= 0.6 is 0 Å². The van der Waals surface area contributed by atoms with E-state index in [4.69, 9.17) is 5.26 Å². The Hall–Kier alpha value is -3.45. The summed E-state index contributed by atoms with van der Waals surface area (Å²) < 4.78 is 0. The van der Waals surface area contributed by atoms with Crippen molar-refractivity contribution in [3.8, 4) is 17.2 Å². The van der Waals surface area contributed by atoms with E-state index in [-0.39, 0.29) is 5.91 Å². The first-order valence-electron chi connectivity index (χ1n) is 7.09. The van der Waals surface area contributed by atoms with E-state index in [1.54, 1.807) is 36.5 Å². The van der Waals surface area contributed by atoms with Crippen LogP contribution in [0.3, 0.4) is 0 Å². The molecule has 1 aromatic heterocycles. The molecule has 0 aliphatic carbocycles. The average molecular weight is 299 g/mol. The third-order valence-corrected chi connectivity index (χ3v) is 3.40. The van der Waals surface area contributed by atoms with Crippen molar-refractivity contribution in [3.63, 3.8) is 0 Å². The molecule has 3 aromatic rings. The molecule has 0 saturated heterocycles. The van der Waals surface area contributed by atoms with E-state index in [0.29, 0.717) is 16.8 Å². The number of nitrogens with zero attached hydrogens (tertiary/aromatic N) is 2. The van der Waals surface area contributed by atoms with E-state index in [9.17, 15) is 4.79 Å². The monoisotopic (exact) mass is 299 g/mol. The predicted octanol–water partition coefficient (Wildman–Crippen LogP) is 3.87. The topological polar surface area (TPSA) is 65.8 Å². The lowest BCUT2D eigenvalue weighted by Gasteiger charge is -2.08. The van der Waals surface area contributed by atoms with Gasteiger partial charge >= 0.3 is 0 Å². The van der Waals surface area contributed by atoms with Crippen molar-refractivity contribution >= 4 is 11.6 Å². The summed E-state index contributed by atoms with van der Waals surface area (Å²) in [6, 6.07) is 20.5. The van der Waals surface area contributed by atoms with Crippen LogP contribution in [0.15, 0.2) is 73.1 Å². The number of carbonyl (C=O) groups excluding carboxylic acids is 1. The van der Waals surface area contributed by atoms with Crippen LogP contribution in [-0.2, 0) is 0 Å². The number of rotatable bonds is 3. The molecule has 2 aromatic carbocycles. The molecule has 0 aliphatic rings. The summed E-state index contributed by atoms with van der Waals surface area (Å²) in [6.07, 6.45) is 3.23. The number of carbonyl (C=O) groups is 1. The summed E-state index contributed by atoms with van der Waals surface area (Å²) in [6.45, 7) is 0. The number of nitriles is 1. The summed E-state index contributed by atoms with van der Waals surface area (Å²) in [4.78, 5) is 16.5. The lowest BCUT2D eigenvalue weighted by atomic mass is 10.1. The Morgan fingerprint density at radius 2 is 1.70 bits per heavy atom. The summed E-state index contributed by atoms with van der Waals surface area (Å²) >= 11 is 0. The van der Waals surface area contributed by atoms with Crippen molar-refractivity contribution in [2.24, 2.45) is 0 Å². The molecular weight excluding hydrogens is 286 g/mol. The number of pyridine rings is 1. The molecule has 1 heterocycles. The molecule has 1 N–H and O–H groups in total. The zero-order valence-electron chi connectivity index (χ0n) is 12.2. The van der Waals surface area contributed by atoms with Gasteiger partial charge in [0.05, 0.1) is 16.8 Å². The summed E-state index contributed by atoms with van der Waals surface area (Å²) in [7, 11) is 0. The van der Waals surface area contributed by atoms with Crippen molar-refractivity contribution in [1.29, 1.82) is 5.26 Å². The number of benzene rings is 2. The molecule has 3 rings (SSSR count). The molecule has 0 saturated carbocycles. The van der Waals surface area contributed by atoms with Crippen LogP contribution in [0.1, 0.15) is 15.9 Å². The number of hydrogen-bond acceptors (Lipinski definition) is 3. The number of amides is 1. The summed E-state index contributed by atoms with van der Waals surface area (Å²) in [5.41, 5.74) is 3.22.